The van der Waals surface area contributed by atoms with Crippen molar-refractivity contribution in [3.63, 3.8) is 0 Å². The molecule has 0 aromatic heterocycles. The summed E-state index contributed by atoms with van der Waals surface area (Å²) in [5, 5.41) is 3.49. The molecule has 1 atom stereocenters. The van der Waals surface area contributed by atoms with Crippen LogP contribution in [0.2, 0.25) is 0 Å². The number of amides is 1. The summed E-state index contributed by atoms with van der Waals surface area (Å²) < 4.78 is 0.404. The molecule has 20 heavy (non-hydrogen) atoms. The first kappa shape index (κ1) is 15.0. The standard InChI is InChI=1S/C15H26N2OS2/c18-14(10-13-11-19-8-6-16-13)17-7-9-20-15(12-17)4-2-1-3-5-15/h13,16H,1-12H2. The molecule has 3 nitrogen and oxygen atoms in total. The molecule has 2 heterocycles. The first-order chi connectivity index (χ1) is 9.77. The number of rotatable bonds is 2. The van der Waals surface area contributed by atoms with E-state index in [1.165, 1.54) is 37.9 Å². The van der Waals surface area contributed by atoms with Crippen LogP contribution in [0.15, 0.2) is 0 Å². The summed E-state index contributed by atoms with van der Waals surface area (Å²) in [4.78, 5) is 14.7. The number of hydrogen-bond donors (Lipinski definition) is 1. The molecule has 1 spiro atoms. The van der Waals surface area contributed by atoms with Crippen molar-refractivity contribution in [2.24, 2.45) is 0 Å². The largest absolute Gasteiger partial charge is 0.340 e. The molecule has 1 saturated carbocycles. The van der Waals surface area contributed by atoms with Gasteiger partial charge >= 0.3 is 0 Å². The van der Waals surface area contributed by atoms with E-state index < -0.39 is 0 Å². The summed E-state index contributed by atoms with van der Waals surface area (Å²) in [7, 11) is 0. The fourth-order valence-corrected chi connectivity index (χ4v) is 6.17. The zero-order chi connectivity index (χ0) is 13.8. The smallest absolute Gasteiger partial charge is 0.224 e. The zero-order valence-corrected chi connectivity index (χ0v) is 13.9. The minimum Gasteiger partial charge on any atom is -0.340 e. The molecule has 1 amide bonds. The maximum Gasteiger partial charge on any atom is 0.224 e. The van der Waals surface area contributed by atoms with Crippen molar-refractivity contribution in [2.75, 3.05) is 36.9 Å². The summed E-state index contributed by atoms with van der Waals surface area (Å²) in [6.07, 6.45) is 7.44. The highest BCUT2D eigenvalue weighted by atomic mass is 32.2. The van der Waals surface area contributed by atoms with E-state index >= 15 is 0 Å². The second kappa shape index (κ2) is 6.93. The monoisotopic (exact) mass is 314 g/mol. The van der Waals surface area contributed by atoms with Crippen LogP contribution in [0, 0.1) is 0 Å². The SMILES string of the molecule is O=C(CC1CSCCN1)N1CCSC2(CCCCC2)C1. The summed E-state index contributed by atoms with van der Waals surface area (Å²) in [6.45, 7) is 3.03. The Kier molecular flexibility index (Phi) is 5.21. The van der Waals surface area contributed by atoms with E-state index in [-0.39, 0.29) is 0 Å². The van der Waals surface area contributed by atoms with Gasteiger partial charge in [-0.3, -0.25) is 4.79 Å². The molecule has 3 fully saturated rings. The van der Waals surface area contributed by atoms with E-state index in [2.05, 4.69) is 22.0 Å². The Hall–Kier alpha value is 0.130. The molecule has 2 saturated heterocycles. The van der Waals surface area contributed by atoms with E-state index in [1.54, 1.807) is 0 Å². The summed E-state index contributed by atoms with van der Waals surface area (Å²) in [5.41, 5.74) is 0. The molecular formula is C15H26N2OS2. The van der Waals surface area contributed by atoms with E-state index in [1.807, 2.05) is 11.8 Å². The molecule has 0 aromatic rings. The van der Waals surface area contributed by atoms with Gasteiger partial charge in [-0.15, -0.1) is 0 Å². The fourth-order valence-electron chi connectivity index (χ4n) is 3.65. The summed E-state index contributed by atoms with van der Waals surface area (Å²) in [6, 6.07) is 0.401. The van der Waals surface area contributed by atoms with Crippen molar-refractivity contribution in [2.45, 2.75) is 49.3 Å². The van der Waals surface area contributed by atoms with Gasteiger partial charge in [0.15, 0.2) is 0 Å². The number of carbonyl (C=O) groups excluding carboxylic acids is 1. The average Bonchev–Trinajstić information content (AvgIpc) is 2.49. The molecule has 1 N–H and O–H groups in total. The van der Waals surface area contributed by atoms with Gasteiger partial charge in [0.05, 0.1) is 0 Å². The average molecular weight is 315 g/mol. The lowest BCUT2D eigenvalue weighted by atomic mass is 9.87. The minimum atomic E-state index is 0.384. The van der Waals surface area contributed by atoms with Gasteiger partial charge in [-0.25, -0.2) is 0 Å². The molecule has 114 valence electrons. The van der Waals surface area contributed by atoms with Crippen LogP contribution in [0.4, 0.5) is 0 Å². The Bertz CT molecular complexity index is 333. The predicted octanol–water partition coefficient (Wildman–Crippen LogP) is 2.36. The maximum atomic E-state index is 12.6. The predicted molar refractivity (Wildman–Crippen MR) is 88.6 cm³/mol. The van der Waals surface area contributed by atoms with Crippen molar-refractivity contribution in [1.82, 2.24) is 10.2 Å². The lowest BCUT2D eigenvalue weighted by Gasteiger charge is -2.45. The quantitative estimate of drug-likeness (QED) is 0.848. The third-order valence-electron chi connectivity index (χ3n) is 4.79. The van der Waals surface area contributed by atoms with E-state index in [9.17, 15) is 4.79 Å². The second-order valence-corrected chi connectivity index (χ2v) is 9.05. The van der Waals surface area contributed by atoms with Crippen molar-refractivity contribution in [1.29, 1.82) is 0 Å². The van der Waals surface area contributed by atoms with Crippen molar-refractivity contribution in [3.05, 3.63) is 0 Å². The molecule has 2 aliphatic heterocycles. The first-order valence-corrected chi connectivity index (χ1v) is 10.1. The van der Waals surface area contributed by atoms with Crippen LogP contribution in [-0.4, -0.2) is 58.5 Å². The fraction of sp³-hybridized carbons (Fsp3) is 0.933. The molecule has 5 heteroatoms. The lowest BCUT2D eigenvalue weighted by molar-refractivity contribution is -0.132. The summed E-state index contributed by atoms with van der Waals surface area (Å²) >= 11 is 4.12. The Morgan fingerprint density at radius 3 is 2.85 bits per heavy atom. The topological polar surface area (TPSA) is 32.3 Å². The molecule has 1 unspecified atom stereocenters. The highest BCUT2D eigenvalue weighted by Gasteiger charge is 2.38. The van der Waals surface area contributed by atoms with Crippen LogP contribution in [0.5, 0.6) is 0 Å². The highest BCUT2D eigenvalue weighted by molar-refractivity contribution is 8.00. The van der Waals surface area contributed by atoms with Crippen molar-refractivity contribution in [3.8, 4) is 0 Å². The van der Waals surface area contributed by atoms with Crippen LogP contribution in [0.1, 0.15) is 38.5 Å². The molecular weight excluding hydrogens is 288 g/mol. The number of nitrogens with one attached hydrogen (secondary N) is 1. The molecule has 0 radical (unpaired) electrons. The molecule has 3 rings (SSSR count). The Morgan fingerprint density at radius 2 is 2.10 bits per heavy atom. The molecule has 0 aromatic carbocycles. The van der Waals surface area contributed by atoms with Gasteiger partial charge < -0.3 is 10.2 Å². The third-order valence-corrected chi connectivity index (χ3v) is 7.45. The second-order valence-electron chi connectivity index (χ2n) is 6.34. The lowest BCUT2D eigenvalue weighted by Crippen LogP contribution is -2.51. The molecule has 1 aliphatic carbocycles. The van der Waals surface area contributed by atoms with Crippen LogP contribution in [-0.2, 0) is 4.79 Å². The van der Waals surface area contributed by atoms with E-state index in [0.717, 1.165) is 31.1 Å². The van der Waals surface area contributed by atoms with Gasteiger partial charge in [0.25, 0.3) is 0 Å². The first-order valence-electron chi connectivity index (χ1n) is 8.00. The molecule has 0 bridgehead atoms. The highest BCUT2D eigenvalue weighted by Crippen LogP contribution is 2.42. The number of hydrogen-bond acceptors (Lipinski definition) is 4. The van der Waals surface area contributed by atoms with Crippen LogP contribution < -0.4 is 5.32 Å². The Balaban J connectivity index is 1.54. The minimum absolute atomic E-state index is 0.384. The third kappa shape index (κ3) is 3.66. The van der Waals surface area contributed by atoms with Crippen LogP contribution >= 0.6 is 23.5 Å². The zero-order valence-electron chi connectivity index (χ0n) is 12.2. The van der Waals surface area contributed by atoms with Gasteiger partial charge in [0.2, 0.25) is 5.91 Å². The van der Waals surface area contributed by atoms with Gasteiger partial charge in [0, 0.05) is 54.1 Å². The molecule has 3 aliphatic rings. The Morgan fingerprint density at radius 1 is 1.25 bits per heavy atom. The number of carbonyl (C=O) groups is 1. The number of nitrogens with zero attached hydrogens (tertiary/aromatic N) is 1. The van der Waals surface area contributed by atoms with Gasteiger partial charge in [-0.2, -0.15) is 23.5 Å². The van der Waals surface area contributed by atoms with Gasteiger partial charge in [0.1, 0.15) is 0 Å². The van der Waals surface area contributed by atoms with Gasteiger partial charge in [-0.05, 0) is 12.8 Å². The Labute approximate surface area is 131 Å². The van der Waals surface area contributed by atoms with Gasteiger partial charge in [-0.1, -0.05) is 19.3 Å². The maximum absolute atomic E-state index is 12.6. The summed E-state index contributed by atoms with van der Waals surface area (Å²) in [5.74, 6) is 3.81. The van der Waals surface area contributed by atoms with Crippen LogP contribution in [0.25, 0.3) is 0 Å². The van der Waals surface area contributed by atoms with E-state index in [0.29, 0.717) is 23.1 Å². The normalized spacial score (nSPS) is 30.4. The van der Waals surface area contributed by atoms with Crippen molar-refractivity contribution < 1.29 is 4.79 Å². The van der Waals surface area contributed by atoms with Crippen LogP contribution in [0.3, 0.4) is 0 Å². The van der Waals surface area contributed by atoms with E-state index in [4.69, 9.17) is 0 Å². The van der Waals surface area contributed by atoms with Crippen molar-refractivity contribution >= 4 is 29.4 Å². The number of thioether (sulfide) groups is 2.